The van der Waals surface area contributed by atoms with Crippen molar-refractivity contribution in [2.24, 2.45) is 3.15 Å². The third kappa shape index (κ3) is 3.93. The second-order valence-corrected chi connectivity index (χ2v) is 12.9. The Morgan fingerprint density at radius 1 is 1.43 bits per heavy atom. The fourth-order valence-corrected chi connectivity index (χ4v) is 7.10. The zero-order valence-corrected chi connectivity index (χ0v) is 19.9. The van der Waals surface area contributed by atoms with E-state index in [0.29, 0.717) is 18.5 Å². The van der Waals surface area contributed by atoms with Crippen molar-refractivity contribution >= 4 is 46.9 Å². The van der Waals surface area contributed by atoms with Gasteiger partial charge in [-0.25, -0.2) is 0 Å². The van der Waals surface area contributed by atoms with Crippen molar-refractivity contribution in [1.29, 1.82) is 0 Å². The first-order chi connectivity index (χ1) is 13.2. The van der Waals surface area contributed by atoms with Crippen molar-refractivity contribution in [2.75, 3.05) is 5.32 Å². The van der Waals surface area contributed by atoms with Crippen LogP contribution in [0.3, 0.4) is 0 Å². The Kier molecular flexibility index (Phi) is 5.20. The van der Waals surface area contributed by atoms with Crippen LogP contribution >= 0.6 is 11.3 Å². The summed E-state index contributed by atoms with van der Waals surface area (Å²) in [6.45, 7) is 5.34. The molecular weight excluding hydrogens is 484 g/mol. The van der Waals surface area contributed by atoms with Crippen molar-refractivity contribution in [3.8, 4) is 0 Å². The number of rotatable bonds is 4. The quantitative estimate of drug-likeness (QED) is 0.618. The van der Waals surface area contributed by atoms with Gasteiger partial charge in [0.25, 0.3) is 0 Å². The molecular formula is C20H23FN3O2SSn. The molecule has 1 saturated carbocycles. The Balaban J connectivity index is 1.56. The first-order valence-electron chi connectivity index (χ1n) is 9.48. The molecule has 2 aromatic rings. The summed E-state index contributed by atoms with van der Waals surface area (Å²) in [5, 5.41) is 14.9. The average Bonchev–Trinajstić information content (AvgIpc) is 3.04. The number of fused-ring (bicyclic) bond motifs is 1. The van der Waals surface area contributed by atoms with Crippen LogP contribution < -0.4 is 8.21 Å². The molecule has 1 fully saturated rings. The van der Waals surface area contributed by atoms with Crippen LogP contribution in [0.4, 0.5) is 14.9 Å². The SMILES string of the molecule is Cc1c(C2(F)CC2)nc2c(c1NC(=O)[N]=[Sn][c]1cc(C(C)(C)O)cs1)CCC2. The van der Waals surface area contributed by atoms with Crippen LogP contribution in [0.25, 0.3) is 0 Å². The van der Waals surface area contributed by atoms with Gasteiger partial charge in [-0.15, -0.1) is 0 Å². The summed E-state index contributed by atoms with van der Waals surface area (Å²) in [7, 11) is 0. The van der Waals surface area contributed by atoms with E-state index in [1.807, 2.05) is 18.4 Å². The minimum absolute atomic E-state index is 0.358. The Morgan fingerprint density at radius 2 is 2.18 bits per heavy atom. The number of aliphatic hydroxyl groups is 1. The number of halogens is 1. The zero-order valence-electron chi connectivity index (χ0n) is 16.2. The number of hydrogen-bond donors (Lipinski definition) is 2. The second kappa shape index (κ2) is 7.25. The van der Waals surface area contributed by atoms with Crippen LogP contribution in [0.5, 0.6) is 0 Å². The maximum absolute atomic E-state index is 14.7. The van der Waals surface area contributed by atoms with E-state index in [-0.39, 0.29) is 6.03 Å². The average molecular weight is 507 g/mol. The summed E-state index contributed by atoms with van der Waals surface area (Å²) >= 11 is 0.104. The molecule has 5 nitrogen and oxygen atoms in total. The number of thiophene rings is 1. The molecule has 0 unspecified atom stereocenters. The van der Waals surface area contributed by atoms with E-state index in [2.05, 4.69) is 13.5 Å². The van der Waals surface area contributed by atoms with E-state index in [0.717, 1.165) is 50.2 Å². The molecule has 2 N–H and O–H groups in total. The molecule has 2 amide bonds. The van der Waals surface area contributed by atoms with Gasteiger partial charge in [0.05, 0.1) is 0 Å². The van der Waals surface area contributed by atoms with Crippen LogP contribution in [0.2, 0.25) is 0 Å². The number of nitrogens with zero attached hydrogens (tertiary/aromatic N) is 2. The number of nitrogens with one attached hydrogen (secondary N) is 1. The van der Waals surface area contributed by atoms with Crippen LogP contribution in [0, 0.1) is 6.92 Å². The number of anilines is 1. The van der Waals surface area contributed by atoms with Crippen LogP contribution in [-0.2, 0) is 24.1 Å². The molecule has 28 heavy (non-hydrogen) atoms. The Labute approximate surface area is 177 Å². The number of aryl methyl sites for hydroxylation is 1. The second-order valence-electron chi connectivity index (χ2n) is 8.12. The summed E-state index contributed by atoms with van der Waals surface area (Å²) in [4.78, 5) is 17.1. The van der Waals surface area contributed by atoms with E-state index in [9.17, 15) is 14.3 Å². The van der Waals surface area contributed by atoms with Gasteiger partial charge in [0.1, 0.15) is 0 Å². The predicted molar refractivity (Wildman–Crippen MR) is 109 cm³/mol. The van der Waals surface area contributed by atoms with Crippen LogP contribution in [0.15, 0.2) is 14.6 Å². The van der Waals surface area contributed by atoms with Gasteiger partial charge >= 0.3 is 178 Å². The maximum atomic E-state index is 14.7. The first kappa shape index (κ1) is 20.1. The van der Waals surface area contributed by atoms with Gasteiger partial charge in [-0.2, -0.15) is 0 Å². The molecule has 8 heteroatoms. The van der Waals surface area contributed by atoms with Gasteiger partial charge in [-0.3, -0.25) is 0 Å². The molecule has 2 aliphatic rings. The topological polar surface area (TPSA) is 74.6 Å². The number of carbonyl (C=O) groups is 1. The summed E-state index contributed by atoms with van der Waals surface area (Å²) in [6.07, 6.45) is 3.69. The molecule has 1 radical (unpaired) electrons. The molecule has 4 rings (SSSR count). The molecule has 0 bridgehead atoms. The van der Waals surface area contributed by atoms with E-state index in [1.54, 1.807) is 25.2 Å². The monoisotopic (exact) mass is 508 g/mol. The third-order valence-electron chi connectivity index (χ3n) is 5.39. The molecule has 0 aromatic carbocycles. The fourth-order valence-electron chi connectivity index (χ4n) is 3.59. The third-order valence-corrected chi connectivity index (χ3v) is 9.69. The summed E-state index contributed by atoms with van der Waals surface area (Å²) in [5.41, 5.74) is 2.58. The molecule has 0 aliphatic heterocycles. The van der Waals surface area contributed by atoms with Gasteiger partial charge in [-0.05, 0) is 0 Å². The summed E-state index contributed by atoms with van der Waals surface area (Å²) in [6, 6.07) is 1.59. The molecule has 0 spiro atoms. The van der Waals surface area contributed by atoms with Gasteiger partial charge < -0.3 is 0 Å². The van der Waals surface area contributed by atoms with E-state index < -0.39 is 32.2 Å². The summed E-state index contributed by atoms with van der Waals surface area (Å²) < 4.78 is 20.1. The first-order valence-corrected chi connectivity index (χ1v) is 13.1. The number of urea groups is 1. The van der Waals surface area contributed by atoms with E-state index in [1.165, 1.54) is 0 Å². The van der Waals surface area contributed by atoms with E-state index >= 15 is 0 Å². The molecule has 0 saturated heterocycles. The van der Waals surface area contributed by atoms with Gasteiger partial charge in [0.15, 0.2) is 0 Å². The molecule has 2 aliphatic carbocycles. The van der Waals surface area contributed by atoms with Gasteiger partial charge in [0, 0.05) is 0 Å². The van der Waals surface area contributed by atoms with Gasteiger partial charge in [-0.1, -0.05) is 0 Å². The van der Waals surface area contributed by atoms with E-state index in [4.69, 9.17) is 0 Å². The van der Waals surface area contributed by atoms with Crippen LogP contribution in [-0.4, -0.2) is 37.1 Å². The molecule has 2 heterocycles. The Morgan fingerprint density at radius 3 is 2.82 bits per heavy atom. The molecule has 147 valence electrons. The fraction of sp³-hybridized carbons (Fsp3) is 0.500. The van der Waals surface area contributed by atoms with Crippen molar-refractivity contribution in [3.05, 3.63) is 39.5 Å². The standard InChI is InChI=1S/C13H14FN3O.C7H9OS.Sn/c1-7-10(17-12(15)18)8-3-2-4-9(8)16-11(7)13(14)5-6-13;1-7(2,8)6-3-4-9-5-6;/h2-6H2,1H3,(H,16,17,18);3,5,8H,1-2H3;. The normalized spacial score (nSPS) is 17.8. The van der Waals surface area contributed by atoms with Crippen molar-refractivity contribution in [1.82, 2.24) is 4.98 Å². The number of amides is 2. The number of carbonyl (C=O) groups excluding carboxylic acids is 1. The minimum atomic E-state index is -1.44. The molecule has 2 aromatic heterocycles. The number of aromatic nitrogens is 1. The Bertz CT molecular complexity index is 977. The number of alkyl halides is 1. The zero-order chi connectivity index (χ0) is 20.1. The number of pyridine rings is 1. The Hall–Kier alpha value is -1.19. The summed E-state index contributed by atoms with van der Waals surface area (Å²) in [5.74, 6) is 0. The van der Waals surface area contributed by atoms with Crippen LogP contribution in [0.1, 0.15) is 61.2 Å². The van der Waals surface area contributed by atoms with Crippen molar-refractivity contribution in [2.45, 2.75) is 64.1 Å². The van der Waals surface area contributed by atoms with Crippen molar-refractivity contribution in [3.63, 3.8) is 0 Å². The van der Waals surface area contributed by atoms with Crippen molar-refractivity contribution < 1.29 is 14.3 Å². The predicted octanol–water partition coefficient (Wildman–Crippen LogP) is 3.87. The van der Waals surface area contributed by atoms with Gasteiger partial charge in [0.2, 0.25) is 0 Å². The number of hydrogen-bond acceptors (Lipinski definition) is 4. The molecule has 0 atom stereocenters.